The predicted octanol–water partition coefficient (Wildman–Crippen LogP) is 8.21. The number of thiophene rings is 1. The third-order valence-electron chi connectivity index (χ3n) is 6.56. The molecular weight excluding hydrogens is 527 g/mol. The summed E-state index contributed by atoms with van der Waals surface area (Å²) in [4.78, 5) is 32.7. The third kappa shape index (κ3) is 5.24. The van der Waals surface area contributed by atoms with E-state index in [4.69, 9.17) is 32.9 Å². The number of hydrogen-bond donors (Lipinski definition) is 1. The number of pyridine rings is 1. The van der Waals surface area contributed by atoms with Crippen molar-refractivity contribution in [3.05, 3.63) is 80.1 Å². The molecule has 1 atom stereocenters. The summed E-state index contributed by atoms with van der Waals surface area (Å²) in [6.07, 6.45) is 3.44. The fourth-order valence-electron chi connectivity index (χ4n) is 4.66. The molecule has 1 aliphatic carbocycles. The molecule has 37 heavy (non-hydrogen) atoms. The molecule has 5 rings (SSSR count). The van der Waals surface area contributed by atoms with Crippen LogP contribution in [-0.4, -0.2) is 23.5 Å². The first-order valence-corrected chi connectivity index (χ1v) is 13.9. The largest absolute Gasteiger partial charge is 0.462 e. The monoisotopic (exact) mass is 552 g/mol. The first-order chi connectivity index (χ1) is 17.9. The molecule has 1 amide bonds. The van der Waals surface area contributed by atoms with E-state index in [1.54, 1.807) is 18.2 Å². The third-order valence-corrected chi connectivity index (χ3v) is 8.47. The molecular formula is C29H26Cl2N2O3S. The number of halogens is 2. The Bertz CT molecular complexity index is 1510. The molecule has 2 heterocycles. The summed E-state index contributed by atoms with van der Waals surface area (Å²) in [6.45, 7) is 4.51. The molecule has 4 aromatic rings. The van der Waals surface area contributed by atoms with Crippen LogP contribution in [0.25, 0.3) is 22.2 Å². The Morgan fingerprint density at radius 3 is 2.73 bits per heavy atom. The Kier molecular flexibility index (Phi) is 7.52. The van der Waals surface area contributed by atoms with Gasteiger partial charge in [-0.2, -0.15) is 0 Å². The molecule has 0 radical (unpaired) electrons. The van der Waals surface area contributed by atoms with Crippen molar-refractivity contribution < 1.29 is 14.3 Å². The number of carbonyl (C=O) groups is 2. The van der Waals surface area contributed by atoms with Crippen molar-refractivity contribution >= 4 is 62.3 Å². The van der Waals surface area contributed by atoms with Crippen LogP contribution in [0.15, 0.2) is 48.5 Å². The summed E-state index contributed by atoms with van der Waals surface area (Å²) in [6, 6.07) is 14.5. The van der Waals surface area contributed by atoms with Gasteiger partial charge in [0.25, 0.3) is 5.91 Å². The molecule has 8 heteroatoms. The molecule has 190 valence electrons. The number of rotatable bonds is 6. The van der Waals surface area contributed by atoms with E-state index in [9.17, 15) is 9.59 Å². The minimum absolute atomic E-state index is 0.309. The maximum atomic E-state index is 13.8. The first kappa shape index (κ1) is 25.7. The van der Waals surface area contributed by atoms with Crippen LogP contribution in [0.3, 0.4) is 0 Å². The topological polar surface area (TPSA) is 68.3 Å². The molecule has 1 N–H and O–H groups in total. The fraction of sp³-hybridized carbons (Fsp3) is 0.276. The number of nitrogens with zero attached hydrogens (tertiary/aromatic N) is 1. The highest BCUT2D eigenvalue weighted by Gasteiger charge is 2.29. The van der Waals surface area contributed by atoms with Crippen LogP contribution in [0, 0.1) is 5.92 Å². The number of anilines is 1. The summed E-state index contributed by atoms with van der Waals surface area (Å²) in [5.74, 6) is -0.150. The van der Waals surface area contributed by atoms with Crippen LogP contribution in [0.4, 0.5) is 5.00 Å². The molecule has 2 aromatic carbocycles. The number of fused-ring (bicyclic) bond motifs is 2. The molecule has 5 nitrogen and oxygen atoms in total. The first-order valence-electron chi connectivity index (χ1n) is 12.3. The zero-order valence-electron chi connectivity index (χ0n) is 20.6. The molecule has 0 saturated carbocycles. The van der Waals surface area contributed by atoms with Crippen molar-refractivity contribution in [1.29, 1.82) is 0 Å². The summed E-state index contributed by atoms with van der Waals surface area (Å²) in [5, 5.41) is 5.17. The minimum Gasteiger partial charge on any atom is -0.462 e. The smallest absolute Gasteiger partial charge is 0.341 e. The Balaban J connectivity index is 1.57. The predicted molar refractivity (Wildman–Crippen MR) is 151 cm³/mol. The molecule has 0 fully saturated rings. The second-order valence-corrected chi connectivity index (χ2v) is 11.3. The number of hydrogen-bond acceptors (Lipinski definition) is 5. The number of nitrogens with one attached hydrogen (secondary N) is 1. The molecule has 0 saturated heterocycles. The van der Waals surface area contributed by atoms with E-state index in [2.05, 4.69) is 12.2 Å². The van der Waals surface area contributed by atoms with Gasteiger partial charge in [0.15, 0.2) is 0 Å². The number of benzene rings is 2. The zero-order chi connectivity index (χ0) is 26.1. The highest BCUT2D eigenvalue weighted by Crippen LogP contribution is 2.40. The fourth-order valence-corrected chi connectivity index (χ4v) is 6.35. The van der Waals surface area contributed by atoms with E-state index in [0.717, 1.165) is 41.7 Å². The SMILES string of the molecule is CCCOC(=O)c1c(NC(=O)c2cc(-c3ccc(Cl)c(Cl)c3)nc3ccccc23)sc2c1CCC(C)C2. The van der Waals surface area contributed by atoms with Gasteiger partial charge < -0.3 is 10.1 Å². The lowest BCUT2D eigenvalue weighted by atomic mass is 9.88. The summed E-state index contributed by atoms with van der Waals surface area (Å²) in [7, 11) is 0. The lowest BCUT2D eigenvalue weighted by Crippen LogP contribution is -2.17. The van der Waals surface area contributed by atoms with Gasteiger partial charge in [0.1, 0.15) is 5.00 Å². The Morgan fingerprint density at radius 1 is 1.14 bits per heavy atom. The van der Waals surface area contributed by atoms with Gasteiger partial charge in [0.05, 0.1) is 39.0 Å². The molecule has 0 bridgehead atoms. The number of aromatic nitrogens is 1. The van der Waals surface area contributed by atoms with Crippen LogP contribution in [0.1, 0.15) is 57.8 Å². The Labute approximate surface area is 229 Å². The van der Waals surface area contributed by atoms with Crippen LogP contribution < -0.4 is 5.32 Å². The lowest BCUT2D eigenvalue weighted by Gasteiger charge is -2.18. The average Bonchev–Trinajstić information content (AvgIpc) is 3.24. The Morgan fingerprint density at radius 2 is 1.95 bits per heavy atom. The normalized spacial score (nSPS) is 14.9. The van der Waals surface area contributed by atoms with Crippen molar-refractivity contribution in [2.75, 3.05) is 11.9 Å². The second-order valence-electron chi connectivity index (χ2n) is 9.35. The van der Waals surface area contributed by atoms with Crippen LogP contribution in [-0.2, 0) is 17.6 Å². The van der Waals surface area contributed by atoms with E-state index in [-0.39, 0.29) is 11.9 Å². The van der Waals surface area contributed by atoms with E-state index in [1.807, 2.05) is 37.3 Å². The van der Waals surface area contributed by atoms with Gasteiger partial charge in [0, 0.05) is 15.8 Å². The van der Waals surface area contributed by atoms with Gasteiger partial charge in [-0.15, -0.1) is 11.3 Å². The van der Waals surface area contributed by atoms with Gasteiger partial charge in [-0.1, -0.05) is 61.3 Å². The maximum Gasteiger partial charge on any atom is 0.341 e. The van der Waals surface area contributed by atoms with Gasteiger partial charge in [-0.05, 0) is 61.4 Å². The van der Waals surface area contributed by atoms with Gasteiger partial charge >= 0.3 is 5.97 Å². The van der Waals surface area contributed by atoms with Crippen molar-refractivity contribution in [2.24, 2.45) is 5.92 Å². The number of esters is 1. The van der Waals surface area contributed by atoms with Crippen molar-refractivity contribution in [3.8, 4) is 11.3 Å². The van der Waals surface area contributed by atoms with Crippen LogP contribution in [0.5, 0.6) is 0 Å². The molecule has 0 spiro atoms. The average molecular weight is 554 g/mol. The summed E-state index contributed by atoms with van der Waals surface area (Å²) in [5.41, 5.74) is 3.99. The minimum atomic E-state index is -0.375. The van der Waals surface area contributed by atoms with Gasteiger partial charge in [-0.25, -0.2) is 9.78 Å². The Hall–Kier alpha value is -2.93. The number of amides is 1. The number of para-hydroxylation sites is 1. The number of carbonyl (C=O) groups excluding carboxylic acids is 2. The van der Waals surface area contributed by atoms with Crippen molar-refractivity contribution in [1.82, 2.24) is 4.98 Å². The maximum absolute atomic E-state index is 13.8. The van der Waals surface area contributed by atoms with Crippen LogP contribution in [0.2, 0.25) is 10.0 Å². The lowest BCUT2D eigenvalue weighted by molar-refractivity contribution is 0.0505. The van der Waals surface area contributed by atoms with Crippen molar-refractivity contribution in [3.63, 3.8) is 0 Å². The van der Waals surface area contributed by atoms with E-state index >= 15 is 0 Å². The van der Waals surface area contributed by atoms with E-state index in [1.165, 1.54) is 11.3 Å². The standard InChI is InChI=1S/C29H26Cl2N2O3S/c1-3-12-36-29(35)26-19-10-8-16(2)13-25(19)37-28(26)33-27(34)20-15-24(17-9-11-21(30)22(31)14-17)32-23-7-5-4-6-18(20)23/h4-7,9,11,14-16H,3,8,10,12-13H2,1-2H3,(H,33,34). The van der Waals surface area contributed by atoms with Crippen LogP contribution >= 0.6 is 34.5 Å². The molecule has 2 aromatic heterocycles. The summed E-state index contributed by atoms with van der Waals surface area (Å²) < 4.78 is 5.51. The second kappa shape index (κ2) is 10.8. The zero-order valence-corrected chi connectivity index (χ0v) is 22.9. The van der Waals surface area contributed by atoms with Gasteiger partial charge in [0.2, 0.25) is 0 Å². The molecule has 1 aliphatic rings. The quantitative estimate of drug-likeness (QED) is 0.244. The highest BCUT2D eigenvalue weighted by atomic mass is 35.5. The summed E-state index contributed by atoms with van der Waals surface area (Å²) >= 11 is 13.8. The van der Waals surface area contributed by atoms with Gasteiger partial charge in [-0.3, -0.25) is 4.79 Å². The molecule has 0 aliphatic heterocycles. The van der Waals surface area contributed by atoms with Crippen molar-refractivity contribution in [2.45, 2.75) is 39.5 Å². The molecule has 1 unspecified atom stereocenters. The van der Waals surface area contributed by atoms with E-state index < -0.39 is 0 Å². The van der Waals surface area contributed by atoms with E-state index in [0.29, 0.717) is 55.3 Å². The highest BCUT2D eigenvalue weighted by molar-refractivity contribution is 7.17. The number of ether oxygens (including phenoxy) is 1.